The van der Waals surface area contributed by atoms with Gasteiger partial charge < -0.3 is 9.15 Å². The lowest BCUT2D eigenvalue weighted by Gasteiger charge is -2.08. The van der Waals surface area contributed by atoms with Crippen LogP contribution in [0.15, 0.2) is 47.3 Å². The Bertz CT molecular complexity index is 852. The van der Waals surface area contributed by atoms with Gasteiger partial charge in [-0.2, -0.15) is 0 Å². The van der Waals surface area contributed by atoms with E-state index in [2.05, 4.69) is 15.2 Å². The number of H-pyrrole nitrogens is 1. The molecule has 0 atom stereocenters. The second-order valence-electron chi connectivity index (χ2n) is 5.11. The maximum absolute atomic E-state index is 12.1. The minimum absolute atomic E-state index is 0.134. The fraction of sp³-hybridized carbons (Fsp3) is 0.176. The number of ether oxygens (including phenoxy) is 1. The highest BCUT2D eigenvalue weighted by atomic mass is 16.5. The summed E-state index contributed by atoms with van der Waals surface area (Å²) in [5, 5.41) is 6.04. The molecule has 24 heavy (non-hydrogen) atoms. The van der Waals surface area contributed by atoms with Gasteiger partial charge in [0.1, 0.15) is 17.8 Å². The maximum Gasteiger partial charge on any atom is 0.268 e. The number of nitrogens with zero attached hydrogens (tertiary/aromatic N) is 2. The van der Waals surface area contributed by atoms with Crippen LogP contribution in [0.3, 0.4) is 0 Å². The third-order valence-electron chi connectivity index (χ3n) is 3.60. The number of carbonyl (C=O) groups excluding carboxylic acids is 2. The Morgan fingerprint density at radius 2 is 2.04 bits per heavy atom. The molecule has 1 aromatic carbocycles. The number of hydrogen-bond donors (Lipinski definition) is 1. The predicted molar refractivity (Wildman–Crippen MR) is 83.9 cm³/mol. The second-order valence-corrected chi connectivity index (χ2v) is 5.11. The molecule has 7 nitrogen and oxygen atoms in total. The summed E-state index contributed by atoms with van der Waals surface area (Å²) >= 11 is 0. The molecule has 2 heterocycles. The summed E-state index contributed by atoms with van der Waals surface area (Å²) in [4.78, 5) is 27.7. The summed E-state index contributed by atoms with van der Waals surface area (Å²) in [7, 11) is 1.61. The lowest BCUT2D eigenvalue weighted by atomic mass is 10.0. The van der Waals surface area contributed by atoms with Gasteiger partial charge in [-0.05, 0) is 23.3 Å². The van der Waals surface area contributed by atoms with Crippen molar-refractivity contribution in [3.05, 3.63) is 65.6 Å². The van der Waals surface area contributed by atoms with Crippen molar-refractivity contribution in [1.29, 1.82) is 0 Å². The third-order valence-corrected chi connectivity index (χ3v) is 3.60. The van der Waals surface area contributed by atoms with E-state index in [9.17, 15) is 9.59 Å². The van der Waals surface area contributed by atoms with Gasteiger partial charge in [-0.25, -0.2) is 4.98 Å². The number of nitrogens with one attached hydrogen (secondary N) is 1. The molecule has 2 aromatic heterocycles. The molecule has 0 aliphatic carbocycles. The highest BCUT2D eigenvalue weighted by molar-refractivity contribution is 6.43. The molecule has 0 unspecified atom stereocenters. The molecule has 0 amide bonds. The van der Waals surface area contributed by atoms with E-state index in [1.165, 1.54) is 12.6 Å². The standard InChI is InChI=1S/C17H15N3O4/c1-23-14-5-3-2-4-11(14)8-12-6-7-24-15(12)9-13(21)16(22)17-18-10-19-20-17/h2-7,10H,8-9H2,1H3,(H,18,19,20). The number of methoxy groups -OCH3 is 1. The highest BCUT2D eigenvalue weighted by Gasteiger charge is 2.22. The van der Waals surface area contributed by atoms with Gasteiger partial charge in [0.2, 0.25) is 11.6 Å². The van der Waals surface area contributed by atoms with Crippen LogP contribution in [-0.2, 0) is 17.6 Å². The van der Waals surface area contributed by atoms with E-state index in [4.69, 9.17) is 9.15 Å². The van der Waals surface area contributed by atoms with Gasteiger partial charge in [0.25, 0.3) is 5.78 Å². The summed E-state index contributed by atoms with van der Waals surface area (Å²) < 4.78 is 10.7. The van der Waals surface area contributed by atoms with Gasteiger partial charge in [-0.15, -0.1) is 5.10 Å². The first-order valence-corrected chi connectivity index (χ1v) is 7.29. The zero-order valence-corrected chi connectivity index (χ0v) is 13.0. The normalized spacial score (nSPS) is 10.5. The maximum atomic E-state index is 12.1. The van der Waals surface area contributed by atoms with Crippen molar-refractivity contribution < 1.29 is 18.7 Å². The molecule has 0 aliphatic rings. The number of benzene rings is 1. The average Bonchev–Trinajstić information content (AvgIpc) is 3.27. The number of carbonyl (C=O) groups is 2. The van der Waals surface area contributed by atoms with E-state index in [0.717, 1.165) is 16.9 Å². The van der Waals surface area contributed by atoms with Crippen LogP contribution in [0.5, 0.6) is 5.75 Å². The van der Waals surface area contributed by atoms with Crippen LogP contribution in [0.2, 0.25) is 0 Å². The van der Waals surface area contributed by atoms with Gasteiger partial charge in [0.05, 0.1) is 19.8 Å². The van der Waals surface area contributed by atoms with E-state index < -0.39 is 11.6 Å². The first-order chi connectivity index (χ1) is 11.7. The fourth-order valence-electron chi connectivity index (χ4n) is 2.40. The third kappa shape index (κ3) is 3.24. The molecule has 0 aliphatic heterocycles. The summed E-state index contributed by atoms with van der Waals surface area (Å²) in [5.41, 5.74) is 1.80. The molecule has 0 saturated heterocycles. The van der Waals surface area contributed by atoms with E-state index >= 15 is 0 Å². The molecule has 7 heteroatoms. The number of para-hydroxylation sites is 1. The Balaban J connectivity index is 1.76. The zero-order valence-electron chi connectivity index (χ0n) is 13.0. The Labute approximate surface area is 137 Å². The van der Waals surface area contributed by atoms with Crippen molar-refractivity contribution in [3.63, 3.8) is 0 Å². The summed E-state index contributed by atoms with van der Waals surface area (Å²) in [6, 6.07) is 9.39. The molecule has 1 N–H and O–H groups in total. The first kappa shape index (κ1) is 15.7. The molecule has 3 rings (SSSR count). The van der Waals surface area contributed by atoms with Crippen LogP contribution in [-0.4, -0.2) is 33.9 Å². The molecule has 0 bridgehead atoms. The van der Waals surface area contributed by atoms with Gasteiger partial charge >= 0.3 is 0 Å². The van der Waals surface area contributed by atoms with Crippen molar-refractivity contribution in [2.45, 2.75) is 12.8 Å². The van der Waals surface area contributed by atoms with Crippen LogP contribution in [0.1, 0.15) is 27.5 Å². The molecule has 3 aromatic rings. The Hall–Kier alpha value is -3.22. The van der Waals surface area contributed by atoms with Crippen LogP contribution in [0.4, 0.5) is 0 Å². The number of Topliss-reactive ketones (excluding diaryl/α,β-unsaturated/α-hetero) is 2. The number of furan rings is 1. The van der Waals surface area contributed by atoms with E-state index in [-0.39, 0.29) is 12.2 Å². The first-order valence-electron chi connectivity index (χ1n) is 7.29. The molecular formula is C17H15N3O4. The van der Waals surface area contributed by atoms with Gasteiger partial charge in [0, 0.05) is 6.42 Å². The lowest BCUT2D eigenvalue weighted by Crippen LogP contribution is -2.18. The number of aromatic nitrogens is 3. The number of aromatic amines is 1. The van der Waals surface area contributed by atoms with Crippen molar-refractivity contribution in [1.82, 2.24) is 15.2 Å². The Kier molecular flexibility index (Phi) is 4.51. The minimum atomic E-state index is -0.740. The Morgan fingerprint density at radius 1 is 1.21 bits per heavy atom. The van der Waals surface area contributed by atoms with Gasteiger partial charge in [-0.1, -0.05) is 18.2 Å². The number of ketones is 2. The summed E-state index contributed by atoms with van der Waals surface area (Å²) in [6.07, 6.45) is 3.16. The number of rotatable bonds is 7. The van der Waals surface area contributed by atoms with Crippen molar-refractivity contribution >= 4 is 11.6 Å². The summed E-state index contributed by atoms with van der Waals surface area (Å²) in [6.45, 7) is 0. The van der Waals surface area contributed by atoms with Gasteiger partial charge in [0.15, 0.2) is 0 Å². The second kappa shape index (κ2) is 6.91. The minimum Gasteiger partial charge on any atom is -0.496 e. The molecule has 0 spiro atoms. The quantitative estimate of drug-likeness (QED) is 0.527. The van der Waals surface area contributed by atoms with Crippen molar-refractivity contribution in [2.24, 2.45) is 0 Å². The summed E-state index contributed by atoms with van der Waals surface area (Å²) in [5.74, 6) is -0.290. The Morgan fingerprint density at radius 3 is 2.79 bits per heavy atom. The average molecular weight is 325 g/mol. The molecular weight excluding hydrogens is 310 g/mol. The molecule has 0 radical (unpaired) electrons. The largest absolute Gasteiger partial charge is 0.496 e. The SMILES string of the molecule is COc1ccccc1Cc1ccoc1CC(=O)C(=O)c1nc[nH]n1. The van der Waals surface area contributed by atoms with Crippen molar-refractivity contribution in [3.8, 4) is 5.75 Å². The molecule has 0 fully saturated rings. The predicted octanol–water partition coefficient (Wildman–Crippen LogP) is 1.99. The van der Waals surface area contributed by atoms with Crippen LogP contribution in [0, 0.1) is 0 Å². The smallest absolute Gasteiger partial charge is 0.268 e. The fourth-order valence-corrected chi connectivity index (χ4v) is 2.40. The van der Waals surface area contributed by atoms with Crippen molar-refractivity contribution in [2.75, 3.05) is 7.11 Å². The van der Waals surface area contributed by atoms with Crippen LogP contribution < -0.4 is 4.74 Å². The zero-order chi connectivity index (χ0) is 16.9. The van der Waals surface area contributed by atoms with Crippen LogP contribution in [0.25, 0.3) is 0 Å². The van der Waals surface area contributed by atoms with Crippen LogP contribution >= 0.6 is 0 Å². The lowest BCUT2D eigenvalue weighted by molar-refractivity contribution is -0.114. The monoisotopic (exact) mass is 325 g/mol. The number of hydrogen-bond acceptors (Lipinski definition) is 6. The van der Waals surface area contributed by atoms with E-state index in [1.807, 2.05) is 24.3 Å². The van der Waals surface area contributed by atoms with E-state index in [1.54, 1.807) is 13.2 Å². The molecule has 122 valence electrons. The topological polar surface area (TPSA) is 98.1 Å². The van der Waals surface area contributed by atoms with Gasteiger partial charge in [-0.3, -0.25) is 14.7 Å². The van der Waals surface area contributed by atoms with E-state index in [0.29, 0.717) is 12.2 Å². The molecule has 0 saturated carbocycles. The highest BCUT2D eigenvalue weighted by Crippen LogP contribution is 2.23.